The summed E-state index contributed by atoms with van der Waals surface area (Å²) >= 11 is 0. The molecule has 140 valence electrons. The first-order chi connectivity index (χ1) is 13.0. The lowest BCUT2D eigenvalue weighted by molar-refractivity contribution is -0.915. The number of phenols is 1. The molecule has 0 saturated carbocycles. The SMILES string of the molecule is Cc1cccc(N2C(=O)C[C@@H]([NH+]3CCN(c4ccccc4O)CC3)C2=O)c1. The fraction of sp³-hybridized carbons (Fsp3) is 0.333. The summed E-state index contributed by atoms with van der Waals surface area (Å²) in [4.78, 5) is 30.1. The zero-order valence-electron chi connectivity index (χ0n) is 15.4. The Bertz CT molecular complexity index is 874. The summed E-state index contributed by atoms with van der Waals surface area (Å²) in [5.74, 6) is 0.0570. The molecule has 2 aromatic rings. The Morgan fingerprint density at radius 3 is 2.48 bits per heavy atom. The van der Waals surface area contributed by atoms with Gasteiger partial charge >= 0.3 is 0 Å². The van der Waals surface area contributed by atoms with Gasteiger partial charge < -0.3 is 14.9 Å². The minimum atomic E-state index is -0.315. The largest absolute Gasteiger partial charge is 0.506 e. The molecule has 0 unspecified atom stereocenters. The van der Waals surface area contributed by atoms with E-state index in [4.69, 9.17) is 0 Å². The van der Waals surface area contributed by atoms with Crippen molar-refractivity contribution in [1.82, 2.24) is 0 Å². The number of hydrogen-bond acceptors (Lipinski definition) is 4. The van der Waals surface area contributed by atoms with Crippen molar-refractivity contribution in [3.05, 3.63) is 54.1 Å². The number of para-hydroxylation sites is 2. The molecule has 0 aliphatic carbocycles. The average Bonchev–Trinajstić information content (AvgIpc) is 2.96. The molecule has 4 rings (SSSR count). The summed E-state index contributed by atoms with van der Waals surface area (Å²) in [7, 11) is 0. The van der Waals surface area contributed by atoms with E-state index in [2.05, 4.69) is 4.90 Å². The van der Waals surface area contributed by atoms with Crippen LogP contribution < -0.4 is 14.7 Å². The molecule has 2 amide bonds. The number of carbonyl (C=O) groups excluding carboxylic acids is 2. The summed E-state index contributed by atoms with van der Waals surface area (Å²) < 4.78 is 0. The number of aryl methyl sites for hydroxylation is 1. The molecular formula is C21H24N3O3+. The van der Waals surface area contributed by atoms with Gasteiger partial charge in [-0.1, -0.05) is 24.3 Å². The van der Waals surface area contributed by atoms with E-state index in [0.717, 1.165) is 42.3 Å². The van der Waals surface area contributed by atoms with Crippen LogP contribution in [-0.2, 0) is 9.59 Å². The normalized spacial score (nSPS) is 21.1. The lowest BCUT2D eigenvalue weighted by atomic mass is 10.1. The molecule has 2 aliphatic rings. The molecule has 2 heterocycles. The average molecular weight is 366 g/mol. The van der Waals surface area contributed by atoms with Gasteiger partial charge in [-0.05, 0) is 36.8 Å². The van der Waals surface area contributed by atoms with Crippen LogP contribution in [-0.4, -0.2) is 49.1 Å². The van der Waals surface area contributed by atoms with E-state index in [1.165, 1.54) is 4.90 Å². The third-order valence-electron chi connectivity index (χ3n) is 5.53. The van der Waals surface area contributed by atoms with Gasteiger partial charge in [-0.3, -0.25) is 9.59 Å². The Morgan fingerprint density at radius 1 is 1.04 bits per heavy atom. The van der Waals surface area contributed by atoms with Crippen LogP contribution in [0.15, 0.2) is 48.5 Å². The van der Waals surface area contributed by atoms with Crippen LogP contribution in [0.3, 0.4) is 0 Å². The van der Waals surface area contributed by atoms with Gasteiger partial charge in [0.2, 0.25) is 5.91 Å². The van der Waals surface area contributed by atoms with E-state index in [1.54, 1.807) is 6.07 Å². The number of imide groups is 1. The van der Waals surface area contributed by atoms with Gasteiger partial charge in [-0.15, -0.1) is 0 Å². The van der Waals surface area contributed by atoms with Crippen molar-refractivity contribution < 1.29 is 19.6 Å². The maximum Gasteiger partial charge on any atom is 0.292 e. The van der Waals surface area contributed by atoms with Crippen molar-refractivity contribution in [2.24, 2.45) is 0 Å². The Labute approximate surface area is 158 Å². The Morgan fingerprint density at radius 2 is 1.78 bits per heavy atom. The van der Waals surface area contributed by atoms with Gasteiger partial charge in [0.25, 0.3) is 5.91 Å². The van der Waals surface area contributed by atoms with Crippen LogP contribution in [0.1, 0.15) is 12.0 Å². The number of phenolic OH excluding ortho intramolecular Hbond substituents is 1. The first-order valence-electron chi connectivity index (χ1n) is 9.35. The van der Waals surface area contributed by atoms with Crippen LogP contribution in [0.2, 0.25) is 0 Å². The van der Waals surface area contributed by atoms with E-state index in [-0.39, 0.29) is 30.0 Å². The highest BCUT2D eigenvalue weighted by Gasteiger charge is 2.46. The smallest absolute Gasteiger partial charge is 0.292 e. The molecule has 27 heavy (non-hydrogen) atoms. The van der Waals surface area contributed by atoms with E-state index in [1.807, 2.05) is 49.4 Å². The molecule has 2 N–H and O–H groups in total. The summed E-state index contributed by atoms with van der Waals surface area (Å²) in [6, 6.07) is 14.5. The highest BCUT2D eigenvalue weighted by molar-refractivity contribution is 6.21. The van der Waals surface area contributed by atoms with Gasteiger partial charge in [0.1, 0.15) is 5.75 Å². The number of anilines is 2. The second-order valence-corrected chi connectivity index (χ2v) is 7.30. The summed E-state index contributed by atoms with van der Waals surface area (Å²) in [5, 5.41) is 10.0. The number of quaternary nitrogens is 1. The van der Waals surface area contributed by atoms with Gasteiger partial charge in [-0.25, -0.2) is 4.90 Å². The Balaban J connectivity index is 1.45. The molecule has 6 heteroatoms. The van der Waals surface area contributed by atoms with E-state index in [9.17, 15) is 14.7 Å². The number of nitrogens with one attached hydrogen (secondary N) is 1. The van der Waals surface area contributed by atoms with Crippen LogP contribution >= 0.6 is 0 Å². The van der Waals surface area contributed by atoms with Crippen molar-refractivity contribution in [2.75, 3.05) is 36.0 Å². The van der Waals surface area contributed by atoms with E-state index >= 15 is 0 Å². The first-order valence-corrected chi connectivity index (χ1v) is 9.35. The van der Waals surface area contributed by atoms with Crippen molar-refractivity contribution in [3.8, 4) is 5.75 Å². The summed E-state index contributed by atoms with van der Waals surface area (Å²) in [5.41, 5.74) is 2.52. The van der Waals surface area contributed by atoms with Crippen molar-refractivity contribution in [3.63, 3.8) is 0 Å². The van der Waals surface area contributed by atoms with Crippen molar-refractivity contribution in [1.29, 1.82) is 0 Å². The van der Waals surface area contributed by atoms with E-state index in [0.29, 0.717) is 5.69 Å². The first kappa shape index (κ1) is 17.5. The maximum atomic E-state index is 13.0. The second kappa shape index (κ2) is 7.04. The zero-order valence-corrected chi connectivity index (χ0v) is 15.4. The number of amides is 2. The minimum Gasteiger partial charge on any atom is -0.506 e. The molecule has 2 aliphatic heterocycles. The zero-order chi connectivity index (χ0) is 19.0. The highest BCUT2D eigenvalue weighted by atomic mass is 16.3. The number of carbonyl (C=O) groups is 2. The standard InChI is InChI=1S/C21H23N3O3/c1-15-5-4-6-16(13-15)24-20(26)14-18(21(24)27)23-11-9-22(10-12-23)17-7-2-3-8-19(17)25/h2-8,13,18,25H,9-12,14H2,1H3/p+1/t18-/m1/s1. The minimum absolute atomic E-state index is 0.100. The number of piperazine rings is 1. The molecule has 2 fully saturated rings. The monoisotopic (exact) mass is 366 g/mol. The topological polar surface area (TPSA) is 65.3 Å². The molecular weight excluding hydrogens is 342 g/mol. The predicted molar refractivity (Wildman–Crippen MR) is 103 cm³/mol. The van der Waals surface area contributed by atoms with Gasteiger partial charge in [-0.2, -0.15) is 0 Å². The van der Waals surface area contributed by atoms with Crippen LogP contribution in [0.4, 0.5) is 11.4 Å². The third-order valence-corrected chi connectivity index (χ3v) is 5.53. The van der Waals surface area contributed by atoms with Crippen molar-refractivity contribution >= 4 is 23.2 Å². The maximum absolute atomic E-state index is 13.0. The quantitative estimate of drug-likeness (QED) is 0.787. The fourth-order valence-corrected chi connectivity index (χ4v) is 4.10. The number of nitrogens with zero attached hydrogens (tertiary/aromatic N) is 2. The Hall–Kier alpha value is -2.86. The molecule has 2 aromatic carbocycles. The molecule has 0 bridgehead atoms. The number of aromatic hydroxyl groups is 1. The van der Waals surface area contributed by atoms with Crippen LogP contribution in [0.5, 0.6) is 5.75 Å². The van der Waals surface area contributed by atoms with Crippen molar-refractivity contribution in [2.45, 2.75) is 19.4 Å². The van der Waals surface area contributed by atoms with Crippen LogP contribution in [0.25, 0.3) is 0 Å². The lowest BCUT2D eigenvalue weighted by Gasteiger charge is -2.35. The van der Waals surface area contributed by atoms with Gasteiger partial charge in [0.05, 0.1) is 44.0 Å². The van der Waals surface area contributed by atoms with E-state index < -0.39 is 0 Å². The number of rotatable bonds is 3. The molecule has 1 atom stereocenters. The highest BCUT2D eigenvalue weighted by Crippen LogP contribution is 2.26. The lowest BCUT2D eigenvalue weighted by Crippen LogP contribution is -3.19. The molecule has 2 saturated heterocycles. The third kappa shape index (κ3) is 3.28. The molecule has 0 radical (unpaired) electrons. The number of hydrogen-bond donors (Lipinski definition) is 2. The summed E-state index contributed by atoms with van der Waals surface area (Å²) in [6.45, 7) is 4.97. The second-order valence-electron chi connectivity index (χ2n) is 7.30. The molecule has 0 spiro atoms. The van der Waals surface area contributed by atoms with Gasteiger partial charge in [0, 0.05) is 0 Å². The number of benzene rings is 2. The Kier molecular flexibility index (Phi) is 4.58. The van der Waals surface area contributed by atoms with Crippen LogP contribution in [0, 0.1) is 6.92 Å². The molecule has 0 aromatic heterocycles. The molecule has 6 nitrogen and oxygen atoms in total. The summed E-state index contributed by atoms with van der Waals surface area (Å²) in [6.07, 6.45) is 0.263. The fourth-order valence-electron chi connectivity index (χ4n) is 4.10. The van der Waals surface area contributed by atoms with Gasteiger partial charge in [0.15, 0.2) is 6.04 Å². The predicted octanol–water partition coefficient (Wildman–Crippen LogP) is 0.738.